The zero-order valence-corrected chi connectivity index (χ0v) is 9.09. The molecule has 1 saturated heterocycles. The Balaban J connectivity index is 0.000001000. The summed E-state index contributed by atoms with van der Waals surface area (Å²) in [7, 11) is 0. The summed E-state index contributed by atoms with van der Waals surface area (Å²) in [5, 5.41) is 2.14. The minimum Gasteiger partial charge on any atom is -0.299 e. The van der Waals surface area contributed by atoms with Crippen LogP contribution < -0.4 is 0 Å². The molecule has 1 aliphatic rings. The van der Waals surface area contributed by atoms with Gasteiger partial charge < -0.3 is 0 Å². The zero-order valence-electron chi connectivity index (χ0n) is 7.38. The van der Waals surface area contributed by atoms with E-state index in [-0.39, 0.29) is 17.0 Å². The van der Waals surface area contributed by atoms with Crippen LogP contribution in [-0.2, 0) is 4.84 Å². The van der Waals surface area contributed by atoms with E-state index in [4.69, 9.17) is 4.84 Å². The van der Waals surface area contributed by atoms with Crippen molar-refractivity contribution in [3.63, 3.8) is 0 Å². The van der Waals surface area contributed by atoms with Crippen molar-refractivity contribution in [2.45, 2.75) is 39.2 Å². The first kappa shape index (κ1) is 11.4. The molecule has 68 valence electrons. The summed E-state index contributed by atoms with van der Waals surface area (Å²) < 4.78 is 0. The lowest BCUT2D eigenvalue weighted by atomic mass is 10.2. The van der Waals surface area contributed by atoms with Crippen LogP contribution in [0.4, 0.5) is 0 Å². The molecule has 0 spiro atoms. The molecule has 1 rings (SSSR count). The number of nitrogens with zero attached hydrogens (tertiary/aromatic N) is 1. The van der Waals surface area contributed by atoms with E-state index in [0.717, 1.165) is 13.2 Å². The van der Waals surface area contributed by atoms with Gasteiger partial charge in [-0.15, -0.1) is 17.0 Å². The van der Waals surface area contributed by atoms with Gasteiger partial charge in [0.15, 0.2) is 0 Å². The maximum absolute atomic E-state index is 5.44. The van der Waals surface area contributed by atoms with Crippen molar-refractivity contribution in [3.8, 4) is 0 Å². The van der Waals surface area contributed by atoms with Gasteiger partial charge in [-0.1, -0.05) is 6.92 Å². The average molecular weight is 224 g/mol. The van der Waals surface area contributed by atoms with Gasteiger partial charge in [0.2, 0.25) is 0 Å². The van der Waals surface area contributed by atoms with Crippen molar-refractivity contribution < 1.29 is 4.84 Å². The van der Waals surface area contributed by atoms with Crippen LogP contribution in [0.15, 0.2) is 0 Å². The number of halogens is 1. The van der Waals surface area contributed by atoms with Crippen molar-refractivity contribution >= 4 is 17.0 Å². The molecular formula is C8H18BrNO. The minimum absolute atomic E-state index is 0. The van der Waals surface area contributed by atoms with E-state index in [0.29, 0.717) is 6.04 Å². The monoisotopic (exact) mass is 223 g/mol. The highest BCUT2D eigenvalue weighted by molar-refractivity contribution is 8.93. The Morgan fingerprint density at radius 3 is 2.73 bits per heavy atom. The fraction of sp³-hybridized carbons (Fsp3) is 1.00. The Bertz CT molecular complexity index is 100. The predicted molar refractivity (Wildman–Crippen MR) is 52.0 cm³/mol. The first-order valence-electron chi connectivity index (χ1n) is 4.28. The highest BCUT2D eigenvalue weighted by atomic mass is 79.9. The topological polar surface area (TPSA) is 12.5 Å². The van der Waals surface area contributed by atoms with E-state index in [1.54, 1.807) is 0 Å². The average Bonchev–Trinajstić information content (AvgIpc) is 2.36. The second-order valence-corrected chi connectivity index (χ2v) is 2.76. The van der Waals surface area contributed by atoms with Gasteiger partial charge in [-0.25, -0.2) is 0 Å². The van der Waals surface area contributed by atoms with E-state index in [9.17, 15) is 0 Å². The van der Waals surface area contributed by atoms with Crippen LogP contribution >= 0.6 is 17.0 Å². The Morgan fingerprint density at radius 2 is 2.18 bits per heavy atom. The van der Waals surface area contributed by atoms with Crippen LogP contribution in [0.2, 0.25) is 0 Å². The molecule has 1 fully saturated rings. The molecule has 0 amide bonds. The lowest BCUT2D eigenvalue weighted by Gasteiger charge is -2.21. The summed E-state index contributed by atoms with van der Waals surface area (Å²) in [6, 6.07) is 0.694. The van der Waals surface area contributed by atoms with Crippen molar-refractivity contribution in [1.29, 1.82) is 0 Å². The summed E-state index contributed by atoms with van der Waals surface area (Å²) in [4.78, 5) is 5.44. The van der Waals surface area contributed by atoms with Crippen LogP contribution in [-0.4, -0.2) is 24.3 Å². The summed E-state index contributed by atoms with van der Waals surface area (Å²) in [6.07, 6.45) is 3.84. The van der Waals surface area contributed by atoms with Crippen molar-refractivity contribution in [2.75, 3.05) is 13.2 Å². The third-order valence-corrected chi connectivity index (χ3v) is 2.09. The fourth-order valence-corrected chi connectivity index (χ4v) is 1.55. The van der Waals surface area contributed by atoms with Gasteiger partial charge in [0.25, 0.3) is 0 Å². The molecule has 0 aliphatic carbocycles. The molecule has 0 radical (unpaired) electrons. The molecule has 2 nitrogen and oxygen atoms in total. The van der Waals surface area contributed by atoms with Crippen LogP contribution in [0, 0.1) is 0 Å². The lowest BCUT2D eigenvalue weighted by molar-refractivity contribution is -0.164. The predicted octanol–water partition coefficient (Wildman–Crippen LogP) is 2.39. The van der Waals surface area contributed by atoms with Gasteiger partial charge >= 0.3 is 0 Å². The Labute approximate surface area is 79.6 Å². The van der Waals surface area contributed by atoms with E-state index >= 15 is 0 Å². The standard InChI is InChI=1S/C8H17NO.BrH/c1-3-8-6-5-7-9(8)10-4-2;/h8H,3-7H2,1-2H3;1H. The SMILES string of the molecule is Br.CCON1CCCC1CC. The van der Waals surface area contributed by atoms with Crippen molar-refractivity contribution in [1.82, 2.24) is 5.06 Å². The first-order chi connectivity index (χ1) is 4.88. The van der Waals surface area contributed by atoms with Crippen LogP contribution in [0.1, 0.15) is 33.1 Å². The summed E-state index contributed by atoms with van der Waals surface area (Å²) in [6.45, 7) is 6.22. The van der Waals surface area contributed by atoms with Gasteiger partial charge in [0, 0.05) is 12.6 Å². The van der Waals surface area contributed by atoms with E-state index < -0.39 is 0 Å². The minimum atomic E-state index is 0. The maximum atomic E-state index is 5.44. The van der Waals surface area contributed by atoms with E-state index in [1.165, 1.54) is 19.3 Å². The normalized spacial score (nSPS) is 25.1. The number of hydrogen-bond acceptors (Lipinski definition) is 2. The summed E-state index contributed by atoms with van der Waals surface area (Å²) >= 11 is 0. The zero-order chi connectivity index (χ0) is 7.40. The van der Waals surface area contributed by atoms with Crippen LogP contribution in [0.25, 0.3) is 0 Å². The van der Waals surface area contributed by atoms with Gasteiger partial charge in [-0.2, -0.15) is 5.06 Å². The molecule has 0 aromatic rings. The molecule has 3 heteroatoms. The van der Waals surface area contributed by atoms with Gasteiger partial charge in [-0.05, 0) is 26.2 Å². The molecular weight excluding hydrogens is 206 g/mol. The summed E-state index contributed by atoms with van der Waals surface area (Å²) in [5.74, 6) is 0. The molecule has 11 heavy (non-hydrogen) atoms. The second-order valence-electron chi connectivity index (χ2n) is 2.76. The summed E-state index contributed by atoms with van der Waals surface area (Å²) in [5.41, 5.74) is 0. The molecule has 1 heterocycles. The number of rotatable bonds is 3. The van der Waals surface area contributed by atoms with E-state index in [1.807, 2.05) is 6.92 Å². The Kier molecular flexibility index (Phi) is 6.19. The Morgan fingerprint density at radius 1 is 1.45 bits per heavy atom. The highest BCUT2D eigenvalue weighted by Gasteiger charge is 2.22. The van der Waals surface area contributed by atoms with Crippen molar-refractivity contribution in [2.24, 2.45) is 0 Å². The van der Waals surface area contributed by atoms with Crippen LogP contribution in [0.3, 0.4) is 0 Å². The molecule has 1 aliphatic heterocycles. The molecule has 0 aromatic carbocycles. The largest absolute Gasteiger partial charge is 0.299 e. The molecule has 1 unspecified atom stereocenters. The highest BCUT2D eigenvalue weighted by Crippen LogP contribution is 2.19. The quantitative estimate of drug-likeness (QED) is 0.729. The molecule has 0 saturated carbocycles. The first-order valence-corrected chi connectivity index (χ1v) is 4.28. The lowest BCUT2D eigenvalue weighted by Crippen LogP contribution is -2.28. The smallest absolute Gasteiger partial charge is 0.0657 e. The van der Waals surface area contributed by atoms with Gasteiger partial charge in [-0.3, -0.25) is 4.84 Å². The molecule has 0 bridgehead atoms. The van der Waals surface area contributed by atoms with E-state index in [2.05, 4.69) is 12.0 Å². The third kappa shape index (κ3) is 3.09. The second kappa shape index (κ2) is 5.98. The molecule has 0 aromatic heterocycles. The fourth-order valence-electron chi connectivity index (χ4n) is 1.55. The number of hydroxylamine groups is 2. The third-order valence-electron chi connectivity index (χ3n) is 2.09. The number of hydrogen-bond donors (Lipinski definition) is 0. The van der Waals surface area contributed by atoms with Gasteiger partial charge in [0.1, 0.15) is 0 Å². The van der Waals surface area contributed by atoms with Crippen molar-refractivity contribution in [3.05, 3.63) is 0 Å². The maximum Gasteiger partial charge on any atom is 0.0657 e. The molecule has 0 N–H and O–H groups in total. The van der Waals surface area contributed by atoms with Gasteiger partial charge in [0.05, 0.1) is 6.61 Å². The van der Waals surface area contributed by atoms with Crippen LogP contribution in [0.5, 0.6) is 0 Å². The molecule has 1 atom stereocenters. The Hall–Kier alpha value is 0.400.